The summed E-state index contributed by atoms with van der Waals surface area (Å²) in [6.45, 7) is 12.3. The van der Waals surface area contributed by atoms with Crippen molar-refractivity contribution < 1.29 is 0 Å². The van der Waals surface area contributed by atoms with Crippen LogP contribution in [0.3, 0.4) is 0 Å². The Hall–Kier alpha value is -0.730. The zero-order valence-corrected chi connectivity index (χ0v) is 10.8. The Labute approximate surface area is 94.1 Å². The highest BCUT2D eigenvalue weighted by Gasteiger charge is 2.31. The van der Waals surface area contributed by atoms with E-state index in [1.54, 1.807) is 0 Å². The van der Waals surface area contributed by atoms with Gasteiger partial charge in [0.15, 0.2) is 0 Å². The maximum atomic E-state index is 4.51. The summed E-state index contributed by atoms with van der Waals surface area (Å²) >= 11 is 0. The topological polar surface area (TPSA) is 18.8 Å². The molecule has 15 heavy (non-hydrogen) atoms. The van der Waals surface area contributed by atoms with Gasteiger partial charge in [-0.2, -0.15) is 5.10 Å². The maximum Gasteiger partial charge on any atom is 0.121 e. The summed E-state index contributed by atoms with van der Waals surface area (Å²) in [5.41, 5.74) is 0. The quantitative estimate of drug-likeness (QED) is 0.696. The fourth-order valence-electron chi connectivity index (χ4n) is 2.07. The van der Waals surface area contributed by atoms with Crippen LogP contribution in [-0.2, 0) is 0 Å². The van der Waals surface area contributed by atoms with E-state index in [2.05, 4.69) is 49.6 Å². The van der Waals surface area contributed by atoms with E-state index in [0.717, 1.165) is 6.54 Å². The summed E-state index contributed by atoms with van der Waals surface area (Å²) in [6.07, 6.45) is 4.97. The Morgan fingerprint density at radius 2 is 1.93 bits per heavy atom. The fraction of sp³-hybridized carbons (Fsp3) is 0.917. The second-order valence-electron chi connectivity index (χ2n) is 4.95. The van der Waals surface area contributed by atoms with Crippen LogP contribution in [0.15, 0.2) is 5.10 Å². The molecule has 3 nitrogen and oxygen atoms in total. The first kappa shape index (κ1) is 12.3. The standard InChI is InChI=1S/C12H25N3/c1-6-7-8-14-9-13-15(11(4)5)12(14)10(2)3/h9-12H,6-8H2,1-5H3. The SMILES string of the molecule is CCCCN1C=NN(C(C)C)C1C(C)C. The molecular weight excluding hydrogens is 186 g/mol. The molecule has 1 aliphatic rings. The predicted molar refractivity (Wildman–Crippen MR) is 65.7 cm³/mol. The highest BCUT2D eigenvalue weighted by atomic mass is 15.6. The Kier molecular flexibility index (Phi) is 4.43. The van der Waals surface area contributed by atoms with E-state index in [0.29, 0.717) is 18.1 Å². The number of unbranched alkanes of at least 4 members (excludes halogenated alkanes) is 1. The van der Waals surface area contributed by atoms with E-state index < -0.39 is 0 Å². The molecule has 1 aliphatic heterocycles. The van der Waals surface area contributed by atoms with E-state index in [1.807, 2.05) is 6.34 Å². The van der Waals surface area contributed by atoms with Gasteiger partial charge in [-0.05, 0) is 26.2 Å². The van der Waals surface area contributed by atoms with Crippen LogP contribution in [0.2, 0.25) is 0 Å². The van der Waals surface area contributed by atoms with Gasteiger partial charge in [-0.1, -0.05) is 27.2 Å². The van der Waals surface area contributed by atoms with Gasteiger partial charge in [0.05, 0.1) is 0 Å². The van der Waals surface area contributed by atoms with Crippen LogP contribution in [0.5, 0.6) is 0 Å². The van der Waals surface area contributed by atoms with Gasteiger partial charge >= 0.3 is 0 Å². The van der Waals surface area contributed by atoms with Crippen LogP contribution in [0.1, 0.15) is 47.5 Å². The van der Waals surface area contributed by atoms with E-state index in [1.165, 1.54) is 12.8 Å². The Morgan fingerprint density at radius 1 is 1.27 bits per heavy atom. The Bertz CT molecular complexity index is 211. The molecule has 1 heterocycles. The minimum atomic E-state index is 0.455. The van der Waals surface area contributed by atoms with Gasteiger partial charge in [-0.25, -0.2) is 0 Å². The molecule has 0 radical (unpaired) electrons. The zero-order valence-electron chi connectivity index (χ0n) is 10.8. The lowest BCUT2D eigenvalue weighted by atomic mass is 10.1. The third-order valence-electron chi connectivity index (χ3n) is 2.84. The van der Waals surface area contributed by atoms with Crippen LogP contribution < -0.4 is 0 Å². The molecule has 0 aromatic heterocycles. The molecule has 0 fully saturated rings. The number of hydrogen-bond donors (Lipinski definition) is 0. The second-order valence-corrected chi connectivity index (χ2v) is 4.95. The molecule has 0 amide bonds. The van der Waals surface area contributed by atoms with Crippen LogP contribution in [0.25, 0.3) is 0 Å². The lowest BCUT2D eigenvalue weighted by molar-refractivity contribution is 0.0626. The first-order chi connectivity index (χ1) is 7.07. The molecule has 0 aromatic rings. The van der Waals surface area contributed by atoms with E-state index in [-0.39, 0.29) is 0 Å². The average Bonchev–Trinajstić information content (AvgIpc) is 2.58. The monoisotopic (exact) mass is 211 g/mol. The first-order valence-corrected chi connectivity index (χ1v) is 6.16. The van der Waals surface area contributed by atoms with Crippen LogP contribution in [-0.4, -0.2) is 35.0 Å². The Morgan fingerprint density at radius 3 is 2.40 bits per heavy atom. The minimum absolute atomic E-state index is 0.455. The zero-order chi connectivity index (χ0) is 11.4. The van der Waals surface area contributed by atoms with Gasteiger partial charge in [-0.3, -0.25) is 5.01 Å². The van der Waals surface area contributed by atoms with Crippen molar-refractivity contribution in [2.24, 2.45) is 11.0 Å². The van der Waals surface area contributed by atoms with Crippen molar-refractivity contribution in [3.05, 3.63) is 0 Å². The largest absolute Gasteiger partial charge is 0.339 e. The molecule has 1 rings (SSSR count). The summed E-state index contributed by atoms with van der Waals surface area (Å²) in [5, 5.41) is 6.73. The first-order valence-electron chi connectivity index (χ1n) is 6.16. The smallest absolute Gasteiger partial charge is 0.121 e. The van der Waals surface area contributed by atoms with Crippen LogP contribution >= 0.6 is 0 Å². The van der Waals surface area contributed by atoms with Crippen molar-refractivity contribution in [1.29, 1.82) is 0 Å². The molecule has 0 spiro atoms. The third kappa shape index (κ3) is 2.86. The van der Waals surface area contributed by atoms with Crippen molar-refractivity contribution in [2.45, 2.75) is 59.7 Å². The second kappa shape index (κ2) is 5.38. The van der Waals surface area contributed by atoms with Crippen LogP contribution in [0, 0.1) is 5.92 Å². The minimum Gasteiger partial charge on any atom is -0.339 e. The molecule has 3 heteroatoms. The van der Waals surface area contributed by atoms with Crippen LogP contribution in [0.4, 0.5) is 0 Å². The summed E-state index contributed by atoms with van der Waals surface area (Å²) in [7, 11) is 0. The summed E-state index contributed by atoms with van der Waals surface area (Å²) in [5.74, 6) is 0.617. The highest BCUT2D eigenvalue weighted by molar-refractivity contribution is 5.57. The number of rotatable bonds is 5. The predicted octanol–water partition coefficient (Wildman–Crippen LogP) is 2.74. The van der Waals surface area contributed by atoms with Gasteiger partial charge in [0.2, 0.25) is 0 Å². The van der Waals surface area contributed by atoms with E-state index >= 15 is 0 Å². The molecule has 1 atom stereocenters. The fourth-order valence-corrected chi connectivity index (χ4v) is 2.07. The molecule has 0 saturated carbocycles. The van der Waals surface area contributed by atoms with E-state index in [4.69, 9.17) is 0 Å². The van der Waals surface area contributed by atoms with Gasteiger partial charge in [0.1, 0.15) is 12.5 Å². The molecule has 0 aromatic carbocycles. The van der Waals surface area contributed by atoms with Crippen molar-refractivity contribution in [3.63, 3.8) is 0 Å². The maximum absolute atomic E-state index is 4.51. The summed E-state index contributed by atoms with van der Waals surface area (Å²) < 4.78 is 0. The summed E-state index contributed by atoms with van der Waals surface area (Å²) in [6, 6.07) is 0.486. The van der Waals surface area contributed by atoms with Gasteiger partial charge < -0.3 is 4.90 Å². The van der Waals surface area contributed by atoms with Crippen molar-refractivity contribution >= 4 is 6.34 Å². The molecule has 88 valence electrons. The van der Waals surface area contributed by atoms with Crippen molar-refractivity contribution in [3.8, 4) is 0 Å². The van der Waals surface area contributed by atoms with Gasteiger partial charge in [-0.15, -0.1) is 0 Å². The molecule has 0 saturated heterocycles. The normalized spacial score (nSPS) is 21.1. The lowest BCUT2D eigenvalue weighted by Gasteiger charge is -2.35. The van der Waals surface area contributed by atoms with Gasteiger partial charge in [0.25, 0.3) is 0 Å². The average molecular weight is 211 g/mol. The molecule has 1 unspecified atom stereocenters. The van der Waals surface area contributed by atoms with Crippen molar-refractivity contribution in [1.82, 2.24) is 9.91 Å². The molecule has 0 aliphatic carbocycles. The Balaban J connectivity index is 2.62. The number of hydrogen-bond acceptors (Lipinski definition) is 3. The summed E-state index contributed by atoms with van der Waals surface area (Å²) in [4.78, 5) is 2.38. The molecule has 0 bridgehead atoms. The van der Waals surface area contributed by atoms with Crippen molar-refractivity contribution in [2.75, 3.05) is 6.54 Å². The molecular formula is C12H25N3. The highest BCUT2D eigenvalue weighted by Crippen LogP contribution is 2.22. The third-order valence-corrected chi connectivity index (χ3v) is 2.84. The van der Waals surface area contributed by atoms with E-state index in [9.17, 15) is 0 Å². The number of nitrogens with zero attached hydrogens (tertiary/aromatic N) is 3. The molecule has 0 N–H and O–H groups in total. The number of hydrazone groups is 1. The van der Waals surface area contributed by atoms with Gasteiger partial charge in [0, 0.05) is 12.6 Å². The lowest BCUT2D eigenvalue weighted by Crippen LogP contribution is -2.46.